The molecule has 0 rings (SSSR count). The summed E-state index contributed by atoms with van der Waals surface area (Å²) < 4.78 is 3.33. The Morgan fingerprint density at radius 3 is 0.840 bits per heavy atom. The van der Waals surface area contributed by atoms with Gasteiger partial charge in [0.25, 0.3) is 0 Å². The molecule has 148 valence electrons. The summed E-state index contributed by atoms with van der Waals surface area (Å²) >= 11 is 0.0377. The Hall–Kier alpha value is 0.799. The van der Waals surface area contributed by atoms with Gasteiger partial charge in [-0.15, -0.1) is 0 Å². The molecule has 0 aliphatic carbocycles. The van der Waals surface area contributed by atoms with Crippen molar-refractivity contribution in [1.29, 1.82) is 0 Å². The van der Waals surface area contributed by atoms with Gasteiger partial charge in [0.05, 0.1) is 0 Å². The molecular weight excluding hydrogens is 407 g/mol. The van der Waals surface area contributed by atoms with Crippen molar-refractivity contribution in [2.45, 2.75) is 151 Å². The maximum absolute atomic E-state index is 2.31. The first-order chi connectivity index (χ1) is 12.4. The van der Waals surface area contributed by atoms with E-state index in [-0.39, 0.29) is 21.1 Å². The number of unbranched alkanes of at least 4 members (excludes halogenated alkanes) is 18. The summed E-state index contributed by atoms with van der Waals surface area (Å²) in [6.07, 6.45) is 29.8. The van der Waals surface area contributed by atoms with E-state index in [9.17, 15) is 0 Å². The van der Waals surface area contributed by atoms with Gasteiger partial charge in [0.1, 0.15) is 0 Å². The van der Waals surface area contributed by atoms with E-state index in [1.54, 1.807) is 21.7 Å². The quantitative estimate of drug-likeness (QED) is 0.112. The van der Waals surface area contributed by atoms with Crippen LogP contribution < -0.4 is 0 Å². The third kappa shape index (κ3) is 24.8. The van der Waals surface area contributed by atoms with E-state index in [1.807, 2.05) is 0 Å². The molecule has 25 heavy (non-hydrogen) atoms. The van der Waals surface area contributed by atoms with Crippen LogP contribution in [-0.4, -0.2) is 21.1 Å². The van der Waals surface area contributed by atoms with Crippen molar-refractivity contribution in [3.63, 3.8) is 0 Å². The van der Waals surface area contributed by atoms with E-state index < -0.39 is 0 Å². The van der Waals surface area contributed by atoms with Crippen molar-refractivity contribution in [2.75, 3.05) is 0 Å². The first-order valence-corrected chi connectivity index (χ1v) is 16.2. The van der Waals surface area contributed by atoms with Gasteiger partial charge in [-0.3, -0.25) is 0 Å². The Kier molecular flexibility index (Phi) is 25.6. The average molecular weight is 457 g/mol. The molecule has 0 spiro atoms. The molecule has 0 atom stereocenters. The van der Waals surface area contributed by atoms with Crippen LogP contribution in [0.4, 0.5) is 0 Å². The molecule has 0 unspecified atom stereocenters. The van der Waals surface area contributed by atoms with Gasteiger partial charge in [0.15, 0.2) is 0 Å². The number of rotatable bonds is 22. The van der Waals surface area contributed by atoms with E-state index >= 15 is 0 Å². The van der Waals surface area contributed by atoms with Gasteiger partial charge in [0.2, 0.25) is 0 Å². The van der Waals surface area contributed by atoms with E-state index in [2.05, 4.69) is 13.8 Å². The van der Waals surface area contributed by atoms with Crippen molar-refractivity contribution in [3.8, 4) is 0 Å². The average Bonchev–Trinajstić information content (AvgIpc) is 2.63. The van der Waals surface area contributed by atoms with Crippen LogP contribution in [0.5, 0.6) is 0 Å². The van der Waals surface area contributed by atoms with Gasteiger partial charge in [-0.25, -0.2) is 0 Å². The van der Waals surface area contributed by atoms with Crippen molar-refractivity contribution < 1.29 is 0 Å². The van der Waals surface area contributed by atoms with Crippen LogP contribution in [0.1, 0.15) is 142 Å². The molecule has 0 amide bonds. The van der Waals surface area contributed by atoms with Gasteiger partial charge in [-0.1, -0.05) is 0 Å². The molecule has 0 saturated heterocycles. The summed E-state index contributed by atoms with van der Waals surface area (Å²) in [7, 11) is 0. The summed E-state index contributed by atoms with van der Waals surface area (Å²) in [5.41, 5.74) is 0. The van der Waals surface area contributed by atoms with E-state index in [4.69, 9.17) is 0 Å². The third-order valence-corrected chi connectivity index (χ3v) is 9.45. The van der Waals surface area contributed by atoms with E-state index in [1.165, 1.54) is 116 Å². The van der Waals surface area contributed by atoms with Crippen LogP contribution in [-0.2, 0) is 0 Å². The standard InChI is InChI=1S/2C12H25.Sn/c2*1-3-5-7-9-11-12-10-8-6-4-2;/h2*1,3-12H2,2H3;/q;;+2. The SMILES string of the molecule is CCCCCCCCCCC[CH2][Sn+2][CH2]CCCCCCCCCCC. The molecule has 0 N–H and O–H groups in total. The van der Waals surface area contributed by atoms with Gasteiger partial charge in [0, 0.05) is 0 Å². The molecule has 0 aliphatic heterocycles. The van der Waals surface area contributed by atoms with Crippen LogP contribution in [0.25, 0.3) is 0 Å². The number of hydrogen-bond acceptors (Lipinski definition) is 0. The van der Waals surface area contributed by atoms with Crippen molar-refractivity contribution in [2.24, 2.45) is 0 Å². The van der Waals surface area contributed by atoms with Gasteiger partial charge in [-0.2, -0.15) is 0 Å². The van der Waals surface area contributed by atoms with Crippen LogP contribution in [0.15, 0.2) is 0 Å². The zero-order chi connectivity index (χ0) is 18.3. The predicted molar refractivity (Wildman–Crippen MR) is 119 cm³/mol. The zero-order valence-electron chi connectivity index (χ0n) is 18.1. The van der Waals surface area contributed by atoms with Gasteiger partial charge >= 0.3 is 172 Å². The Bertz CT molecular complexity index is 192. The molecule has 0 aliphatic rings. The summed E-state index contributed by atoms with van der Waals surface area (Å²) in [5.74, 6) is 0. The molecule has 0 fully saturated rings. The van der Waals surface area contributed by atoms with Crippen molar-refractivity contribution in [1.82, 2.24) is 0 Å². The van der Waals surface area contributed by atoms with Crippen LogP contribution in [0.3, 0.4) is 0 Å². The second-order valence-electron chi connectivity index (χ2n) is 8.11. The normalized spacial score (nSPS) is 11.0. The van der Waals surface area contributed by atoms with Gasteiger partial charge < -0.3 is 0 Å². The van der Waals surface area contributed by atoms with Crippen LogP contribution >= 0.6 is 0 Å². The third-order valence-electron chi connectivity index (χ3n) is 5.41. The Morgan fingerprint density at radius 2 is 0.560 bits per heavy atom. The second kappa shape index (κ2) is 24.8. The minimum absolute atomic E-state index is 0.0377. The maximum atomic E-state index is 2.31. The van der Waals surface area contributed by atoms with E-state index in [0.29, 0.717) is 0 Å². The minimum atomic E-state index is 0.0377. The topological polar surface area (TPSA) is 0 Å². The zero-order valence-corrected chi connectivity index (χ0v) is 20.9. The fourth-order valence-corrected chi connectivity index (χ4v) is 7.17. The first-order valence-electron chi connectivity index (χ1n) is 12.1. The predicted octanol–water partition coefficient (Wildman–Crippen LogP) is 9.37. The fourth-order valence-electron chi connectivity index (χ4n) is 3.60. The van der Waals surface area contributed by atoms with Gasteiger partial charge in [-0.05, 0) is 0 Å². The molecule has 0 aromatic carbocycles. The Balaban J connectivity index is 2.94. The van der Waals surface area contributed by atoms with E-state index in [0.717, 1.165) is 0 Å². The first kappa shape index (κ1) is 25.8. The summed E-state index contributed by atoms with van der Waals surface area (Å²) in [4.78, 5) is 0. The summed E-state index contributed by atoms with van der Waals surface area (Å²) in [5, 5.41) is 0. The summed E-state index contributed by atoms with van der Waals surface area (Å²) in [6.45, 7) is 4.61. The molecule has 0 radical (unpaired) electrons. The summed E-state index contributed by atoms with van der Waals surface area (Å²) in [6, 6.07) is 0. The Labute approximate surface area is 171 Å². The molecule has 0 heterocycles. The van der Waals surface area contributed by atoms with Crippen molar-refractivity contribution in [3.05, 3.63) is 0 Å². The van der Waals surface area contributed by atoms with Crippen LogP contribution in [0.2, 0.25) is 8.87 Å². The molecule has 0 aromatic heterocycles. The monoisotopic (exact) mass is 458 g/mol. The Morgan fingerprint density at radius 1 is 0.320 bits per heavy atom. The number of hydrogen-bond donors (Lipinski definition) is 0. The molecule has 0 bridgehead atoms. The van der Waals surface area contributed by atoms with Crippen LogP contribution in [0, 0.1) is 0 Å². The second-order valence-corrected chi connectivity index (χ2v) is 12.4. The molecule has 1 heteroatoms. The fraction of sp³-hybridized carbons (Fsp3) is 1.00. The molecular formula is C24H50Sn+2. The molecule has 0 nitrogen and oxygen atoms in total. The molecule has 0 saturated carbocycles. The molecule has 0 aromatic rings. The van der Waals surface area contributed by atoms with Crippen molar-refractivity contribution >= 4 is 21.1 Å².